The molecule has 5 aromatic rings. The van der Waals surface area contributed by atoms with Gasteiger partial charge in [-0.2, -0.15) is 5.26 Å². The number of hydrogen-bond acceptors (Lipinski definition) is 26. The van der Waals surface area contributed by atoms with E-state index in [-0.39, 0.29) is 157 Å². The molecule has 0 spiro atoms. The van der Waals surface area contributed by atoms with Crippen LogP contribution in [0.25, 0.3) is 0 Å². The molecule has 0 radical (unpaired) electrons. The van der Waals surface area contributed by atoms with Crippen LogP contribution in [0.1, 0.15) is 237 Å². The second kappa shape index (κ2) is 44.8. The normalized spacial score (nSPS) is 16.6. The summed E-state index contributed by atoms with van der Waals surface area (Å²) in [5.74, 6) is -1.06. The molecule has 0 bridgehead atoms. The minimum atomic E-state index is -1.15. The number of nitriles is 1. The second-order valence-electron chi connectivity index (χ2n) is 29.5. The maximum absolute atomic E-state index is 12.1. The number of nitrogens with two attached hydrogens (primary N) is 1. The van der Waals surface area contributed by atoms with Crippen LogP contribution < -0.4 is 29.0 Å². The summed E-state index contributed by atoms with van der Waals surface area (Å²) >= 11 is 0. The fraction of sp³-hybridized carbons (Fsp3) is 0.444. The Hall–Kier alpha value is -10.5. The molecule has 8 N–H and O–H groups in total. The Morgan fingerprint density at radius 2 is 0.649 bits per heavy atom. The van der Waals surface area contributed by atoms with E-state index in [4.69, 9.17) is 39.5 Å². The first-order valence-corrected chi connectivity index (χ1v) is 38.0. The molecule has 0 saturated heterocycles. The van der Waals surface area contributed by atoms with Crippen LogP contribution in [0.3, 0.4) is 0 Å². The predicted molar refractivity (Wildman–Crippen MR) is 425 cm³/mol. The zero-order chi connectivity index (χ0) is 84.2. The molecule has 5 aromatic carbocycles. The van der Waals surface area contributed by atoms with Crippen LogP contribution in [-0.4, -0.2) is 166 Å². The van der Waals surface area contributed by atoms with Crippen LogP contribution in [0.15, 0.2) is 96.2 Å². The van der Waals surface area contributed by atoms with Crippen molar-refractivity contribution in [1.82, 2.24) is 4.90 Å². The molecule has 33 heteroatoms. The van der Waals surface area contributed by atoms with Crippen molar-refractivity contribution in [3.05, 3.63) is 147 Å². The van der Waals surface area contributed by atoms with E-state index < -0.39 is 47.3 Å². The zero-order valence-corrected chi connectivity index (χ0v) is 65.9. The average molecular weight is 1570 g/mol. The molecule has 5 atom stereocenters. The number of para-hydroxylation sites is 5. The number of nitrogens with zero attached hydrogens (tertiary/aromatic N) is 3. The van der Waals surface area contributed by atoms with Crippen molar-refractivity contribution in [2.75, 3.05) is 14.1 Å². The quantitative estimate of drug-likeness (QED) is 0.00542. The van der Waals surface area contributed by atoms with E-state index >= 15 is 0 Å². The number of unbranched alkanes of at least 4 members (excludes halogenated alkanes) is 1. The highest BCUT2D eigenvalue weighted by Gasteiger charge is 2.42. The second-order valence-corrected chi connectivity index (χ2v) is 29.5. The maximum Gasteiger partial charge on any atom is 0.526 e. The number of benzene rings is 5. The molecule has 5 aliphatic heterocycles. The van der Waals surface area contributed by atoms with Gasteiger partial charge in [0.2, 0.25) is 11.8 Å². The van der Waals surface area contributed by atoms with Crippen molar-refractivity contribution in [3.63, 3.8) is 0 Å². The van der Waals surface area contributed by atoms with Gasteiger partial charge in [0, 0.05) is 133 Å². The van der Waals surface area contributed by atoms with Crippen molar-refractivity contribution in [2.45, 2.75) is 219 Å². The Morgan fingerprint density at radius 1 is 0.395 bits per heavy atom. The summed E-state index contributed by atoms with van der Waals surface area (Å²) in [5, 5.41) is 70.7. The fourth-order valence-corrected chi connectivity index (χ4v) is 13.7. The Morgan fingerprint density at radius 3 is 0.886 bits per heavy atom. The van der Waals surface area contributed by atoms with Crippen LogP contribution in [0.5, 0.6) is 28.7 Å². The van der Waals surface area contributed by atoms with Gasteiger partial charge in [0.25, 0.3) is 0 Å². The monoisotopic (exact) mass is 1570 g/mol. The molecule has 0 aliphatic carbocycles. The van der Waals surface area contributed by atoms with E-state index in [1.54, 1.807) is 81.7 Å². The zero-order valence-electron chi connectivity index (χ0n) is 65.9. The molecule has 0 aromatic heterocycles. The fourth-order valence-electron chi connectivity index (χ4n) is 13.7. The number of Topliss-reactive ketones (excluding diaryl/α,β-unsaturated/α-hetero) is 11. The summed E-state index contributed by atoms with van der Waals surface area (Å²) < 4.78 is 27.5. The summed E-state index contributed by atoms with van der Waals surface area (Å²) in [7, 11) is -2.28. The molecule has 5 heterocycles. The van der Waals surface area contributed by atoms with Gasteiger partial charge in [0.05, 0.1) is 39.6 Å². The summed E-state index contributed by atoms with van der Waals surface area (Å²) in [6.07, 6.45) is 6.84. The molecule has 28 nitrogen and oxygen atoms in total. The number of carbonyl (C=O) groups excluding carboxylic acids is 13. The standard InChI is InChI=1S/C17H22BNO5.C17H21BO5.C16H20BNO5.C16H18BNO4.C15H18BNO5/c1-11(20)15-6-4-5-12-9-13(18(23)24-17(12)15)10-14(21)7-8-16(22)19(2)3;1-11(19)5-3-7-15(21)10-14-9-13-6-4-8-16(12(2)20)17(13)23-18(14)22;1-10(18-22)6-7-14(20)9-13-8-12-4-3-5-15(11(2)19)16(12)23-17(13)21;1-11(19)15-7-4-5-12-9-13(17(21)22-16(12)15)10-14(20)6-2-3-8-18;1-9(18)13-4-2-3-10-7-11(16(21)22-15(10)13)8-12(19)5-6-14(17)20/h4-6,13,23H,7-10H2,1-3H3;4,6,8,14,22H,3,5,7,9-10H2,1-2H3;3-5,13,21-22H,6-9H2,1-2H3;4-5,7,13,21H,2-3,6,9-10H2,1H3;2-4,11,21H,5-8H2,1H3,(H2,17,20)/t13-;14-;2*13-;11-/m11111/s1. The lowest BCUT2D eigenvalue weighted by atomic mass is 9.64. The maximum atomic E-state index is 12.1. The number of carbonyl (C=O) groups is 13. The molecule has 0 unspecified atom stereocenters. The number of primary amides is 1. The summed E-state index contributed by atoms with van der Waals surface area (Å²) in [6.45, 7) is 10.4. The third kappa shape index (κ3) is 28.0. The number of fused-ring (bicyclic) bond motifs is 5. The lowest BCUT2D eigenvalue weighted by molar-refractivity contribution is -0.131. The number of rotatable bonds is 31. The van der Waals surface area contributed by atoms with Gasteiger partial charge in [-0.3, -0.25) is 57.5 Å². The highest BCUT2D eigenvalue weighted by atomic mass is 16.5. The van der Waals surface area contributed by atoms with Crippen molar-refractivity contribution in [2.24, 2.45) is 10.9 Å². The predicted octanol–water partition coefficient (Wildman–Crippen LogP) is 9.39. The minimum absolute atomic E-state index is 0.00752. The Bertz CT molecular complexity index is 4450. The van der Waals surface area contributed by atoms with Gasteiger partial charge in [-0.15, -0.1) is 0 Å². The smallest absolute Gasteiger partial charge is 0.526 e. The molecular weight excluding hydrogens is 1470 g/mol. The highest BCUT2D eigenvalue weighted by molar-refractivity contribution is 6.49. The molecule has 0 fully saturated rings. The van der Waals surface area contributed by atoms with Gasteiger partial charge in [0.15, 0.2) is 28.9 Å². The molecule has 0 saturated carbocycles. The first-order chi connectivity index (χ1) is 54.0. The molecule has 114 heavy (non-hydrogen) atoms. The van der Waals surface area contributed by atoms with E-state index in [2.05, 4.69) is 5.16 Å². The van der Waals surface area contributed by atoms with Gasteiger partial charge in [-0.1, -0.05) is 65.8 Å². The highest BCUT2D eigenvalue weighted by Crippen LogP contribution is 2.42. The van der Waals surface area contributed by atoms with Gasteiger partial charge in [0.1, 0.15) is 63.4 Å². The van der Waals surface area contributed by atoms with Crippen LogP contribution in [-0.2, 0) is 70.5 Å². The van der Waals surface area contributed by atoms with Gasteiger partial charge < -0.3 is 69.0 Å². The van der Waals surface area contributed by atoms with Gasteiger partial charge >= 0.3 is 35.6 Å². The number of ketones is 11. The van der Waals surface area contributed by atoms with Crippen molar-refractivity contribution < 1.29 is 116 Å². The topological polar surface area (TPSA) is 455 Å². The number of oxime groups is 1. The van der Waals surface area contributed by atoms with E-state index in [0.29, 0.717) is 139 Å². The van der Waals surface area contributed by atoms with Gasteiger partial charge in [-0.25, -0.2) is 0 Å². The Labute approximate surface area is 665 Å². The average Bonchev–Trinajstić information content (AvgIpc) is 0.822. The largest absolute Gasteiger partial charge is 0.535 e. The van der Waals surface area contributed by atoms with Crippen LogP contribution >= 0.6 is 0 Å². The number of hydrogen-bond donors (Lipinski definition) is 7. The lowest BCUT2D eigenvalue weighted by Gasteiger charge is -2.28. The number of amides is 2. The third-order valence-electron chi connectivity index (χ3n) is 19.9. The lowest BCUT2D eigenvalue weighted by Crippen LogP contribution is -2.35. The molecular formula is C81H99B5N4O24. The SMILES string of the molecule is CC(=O)CCCC(=O)C[C@H]1Cc2cccc(C(C)=O)c2OB1O.CC(=O)c1cccc2c1OB(O)[C@@H](CC(=O)CCC(=O)N(C)C)C2.CC(=O)c1cccc2c1OB(O)[C@@H](CC(=O)CCC(C)=NO)C2.CC(=O)c1cccc2c1OB(O)[C@@H](CC(=O)CCC(N)=O)C2.CC(=O)c1cccc2c1OB(O)[C@@H](CC(=O)CCCC#N)C2. The summed E-state index contributed by atoms with van der Waals surface area (Å²) in [4.78, 5) is 152. The van der Waals surface area contributed by atoms with E-state index in [1.807, 2.05) is 36.4 Å². The summed E-state index contributed by atoms with van der Waals surface area (Å²) in [5.41, 5.74) is 11.8. The minimum Gasteiger partial charge on any atom is -0.535 e. The van der Waals surface area contributed by atoms with E-state index in [9.17, 15) is 87.4 Å². The molecule has 10 rings (SSSR count). The Kier molecular flexibility index (Phi) is 36.3. The molecule has 5 aliphatic rings. The third-order valence-corrected chi connectivity index (χ3v) is 19.9. The first kappa shape index (κ1) is 92.4. The van der Waals surface area contributed by atoms with E-state index in [0.717, 1.165) is 27.8 Å². The van der Waals surface area contributed by atoms with Crippen molar-refractivity contribution in [1.29, 1.82) is 5.26 Å². The van der Waals surface area contributed by atoms with Gasteiger partial charge in [-0.05, 0) is 158 Å². The molecule has 602 valence electrons. The molecule has 2 amide bonds. The van der Waals surface area contributed by atoms with Crippen LogP contribution in [0.4, 0.5) is 0 Å². The Balaban J connectivity index is 0.000000222. The van der Waals surface area contributed by atoms with Crippen LogP contribution in [0, 0.1) is 11.3 Å². The van der Waals surface area contributed by atoms with Crippen molar-refractivity contribution in [3.8, 4) is 34.8 Å². The van der Waals surface area contributed by atoms with Crippen LogP contribution in [0.2, 0.25) is 29.1 Å². The van der Waals surface area contributed by atoms with E-state index in [1.165, 1.54) is 46.4 Å². The first-order valence-electron chi connectivity index (χ1n) is 38.0. The summed E-state index contributed by atoms with van der Waals surface area (Å²) in [6, 6.07) is 28.4. The van der Waals surface area contributed by atoms with Crippen molar-refractivity contribution >= 4 is 117 Å².